The van der Waals surface area contributed by atoms with Crippen molar-refractivity contribution in [2.75, 3.05) is 24.7 Å². The first-order chi connectivity index (χ1) is 13.9. The molecule has 1 aliphatic heterocycles. The zero-order chi connectivity index (χ0) is 21.0. The number of ether oxygens (including phenoxy) is 2. The van der Waals surface area contributed by atoms with Crippen LogP contribution in [0.2, 0.25) is 0 Å². The summed E-state index contributed by atoms with van der Waals surface area (Å²) in [6, 6.07) is 13.1. The molecule has 0 radical (unpaired) electrons. The molecule has 0 saturated carbocycles. The van der Waals surface area contributed by atoms with Crippen LogP contribution >= 0.6 is 0 Å². The number of esters is 1. The lowest BCUT2D eigenvalue weighted by Crippen LogP contribution is -2.44. The van der Waals surface area contributed by atoms with Crippen molar-refractivity contribution in [3.8, 4) is 5.75 Å². The molecular weight excluding hydrogens is 374 g/mol. The highest BCUT2D eigenvalue weighted by molar-refractivity contribution is 6.12. The minimum atomic E-state index is -2.04. The van der Waals surface area contributed by atoms with E-state index < -0.39 is 29.7 Å². The Morgan fingerprint density at radius 2 is 1.72 bits per heavy atom. The van der Waals surface area contributed by atoms with Crippen LogP contribution in [0.3, 0.4) is 0 Å². The fourth-order valence-corrected chi connectivity index (χ4v) is 3.41. The first kappa shape index (κ1) is 20.5. The number of fused-ring (bicyclic) bond motifs is 1. The minimum absolute atomic E-state index is 0.184. The zero-order valence-corrected chi connectivity index (χ0v) is 16.4. The maximum atomic E-state index is 13.0. The van der Waals surface area contributed by atoms with E-state index >= 15 is 0 Å². The van der Waals surface area contributed by atoms with E-state index in [9.17, 15) is 19.5 Å². The molecule has 0 bridgehead atoms. The summed E-state index contributed by atoms with van der Waals surface area (Å²) < 4.78 is 10.3. The molecule has 1 N–H and O–H groups in total. The number of ketones is 1. The molecule has 7 nitrogen and oxygen atoms in total. The number of aliphatic hydroxyl groups is 1. The van der Waals surface area contributed by atoms with E-state index in [1.165, 1.54) is 4.90 Å². The predicted octanol–water partition coefficient (Wildman–Crippen LogP) is 2.46. The summed E-state index contributed by atoms with van der Waals surface area (Å²) in [5.74, 6) is -1.06. The largest absolute Gasteiger partial charge is 0.494 e. The normalized spacial score (nSPS) is 17.8. The van der Waals surface area contributed by atoms with Gasteiger partial charge >= 0.3 is 5.97 Å². The molecule has 1 atom stereocenters. The van der Waals surface area contributed by atoms with E-state index in [0.29, 0.717) is 29.2 Å². The molecule has 1 aliphatic rings. The fourth-order valence-electron chi connectivity index (χ4n) is 3.41. The molecular formula is C22H23NO6. The number of hydrogen-bond acceptors (Lipinski definition) is 6. The summed E-state index contributed by atoms with van der Waals surface area (Å²) in [5.41, 5.74) is -0.990. The van der Waals surface area contributed by atoms with Crippen LogP contribution in [-0.4, -0.2) is 42.5 Å². The maximum absolute atomic E-state index is 13.0. The van der Waals surface area contributed by atoms with Gasteiger partial charge in [0, 0.05) is 11.1 Å². The Morgan fingerprint density at radius 3 is 2.38 bits per heavy atom. The number of amides is 1. The Morgan fingerprint density at radius 1 is 1.03 bits per heavy atom. The second-order valence-corrected chi connectivity index (χ2v) is 6.63. The number of nitrogens with zero attached hydrogens (tertiary/aromatic N) is 1. The average molecular weight is 397 g/mol. The molecule has 29 heavy (non-hydrogen) atoms. The minimum Gasteiger partial charge on any atom is -0.494 e. The highest BCUT2D eigenvalue weighted by Gasteiger charge is 2.51. The zero-order valence-electron chi connectivity index (χ0n) is 16.4. The van der Waals surface area contributed by atoms with Crippen molar-refractivity contribution >= 4 is 23.3 Å². The lowest BCUT2D eigenvalue weighted by molar-refractivity contribution is -0.144. The van der Waals surface area contributed by atoms with Crippen LogP contribution in [0.1, 0.15) is 36.2 Å². The molecule has 0 aromatic heterocycles. The van der Waals surface area contributed by atoms with Crippen molar-refractivity contribution < 1.29 is 29.0 Å². The predicted molar refractivity (Wildman–Crippen MR) is 106 cm³/mol. The maximum Gasteiger partial charge on any atom is 0.326 e. The summed E-state index contributed by atoms with van der Waals surface area (Å²) in [7, 11) is 0. The Bertz CT molecular complexity index is 923. The van der Waals surface area contributed by atoms with Crippen molar-refractivity contribution in [2.45, 2.75) is 25.9 Å². The molecule has 3 rings (SSSR count). The molecule has 0 saturated heterocycles. The summed E-state index contributed by atoms with van der Waals surface area (Å²) in [5, 5.41) is 11.2. The van der Waals surface area contributed by atoms with Crippen LogP contribution in [0.25, 0.3) is 0 Å². The molecule has 2 aromatic carbocycles. The molecule has 2 aromatic rings. The molecule has 0 unspecified atom stereocenters. The first-order valence-corrected chi connectivity index (χ1v) is 9.46. The van der Waals surface area contributed by atoms with Gasteiger partial charge in [-0.1, -0.05) is 18.2 Å². The van der Waals surface area contributed by atoms with Crippen molar-refractivity contribution in [3.63, 3.8) is 0 Å². The molecule has 1 amide bonds. The Kier molecular flexibility index (Phi) is 5.98. The molecule has 152 valence electrons. The Labute approximate surface area is 168 Å². The van der Waals surface area contributed by atoms with E-state index in [0.717, 1.165) is 0 Å². The van der Waals surface area contributed by atoms with Crippen LogP contribution in [0.15, 0.2) is 48.5 Å². The van der Waals surface area contributed by atoms with Crippen molar-refractivity contribution in [1.29, 1.82) is 0 Å². The molecule has 1 heterocycles. The first-order valence-electron chi connectivity index (χ1n) is 9.46. The van der Waals surface area contributed by atoms with E-state index in [1.54, 1.807) is 55.5 Å². The van der Waals surface area contributed by atoms with Crippen LogP contribution in [0.4, 0.5) is 5.69 Å². The number of Topliss-reactive ketones (excluding diaryl/α,β-unsaturated/α-hetero) is 1. The van der Waals surface area contributed by atoms with Gasteiger partial charge in [-0.05, 0) is 44.2 Å². The quantitative estimate of drug-likeness (QED) is 0.543. The second kappa shape index (κ2) is 8.45. The van der Waals surface area contributed by atoms with Gasteiger partial charge < -0.3 is 14.6 Å². The average Bonchev–Trinajstić information content (AvgIpc) is 2.91. The lowest BCUT2D eigenvalue weighted by Gasteiger charge is -2.22. The number of anilines is 1. The number of carbonyl (C=O) groups is 3. The smallest absolute Gasteiger partial charge is 0.326 e. The van der Waals surface area contributed by atoms with Gasteiger partial charge in [0.05, 0.1) is 25.3 Å². The Hall–Kier alpha value is -3.19. The summed E-state index contributed by atoms with van der Waals surface area (Å²) in [4.78, 5) is 38.9. The molecule has 0 spiro atoms. The number of hydrogen-bond donors (Lipinski definition) is 1. The van der Waals surface area contributed by atoms with Gasteiger partial charge in [0.1, 0.15) is 12.3 Å². The van der Waals surface area contributed by atoms with Crippen molar-refractivity contribution in [1.82, 2.24) is 0 Å². The topological polar surface area (TPSA) is 93.1 Å². The third-order valence-electron chi connectivity index (χ3n) is 4.74. The summed E-state index contributed by atoms with van der Waals surface area (Å²) >= 11 is 0. The molecule has 0 fully saturated rings. The molecule has 0 aliphatic carbocycles. The monoisotopic (exact) mass is 397 g/mol. The molecule has 7 heteroatoms. The van der Waals surface area contributed by atoms with E-state index in [1.807, 2.05) is 6.92 Å². The number of rotatable bonds is 8. The SMILES string of the molecule is CCOC(=O)CN1C(=O)[C@@](O)(CC(=O)c2ccc(OCC)cc2)c2ccccc21. The fraction of sp³-hybridized carbons (Fsp3) is 0.318. The highest BCUT2D eigenvalue weighted by Crippen LogP contribution is 2.42. The van der Waals surface area contributed by atoms with Crippen molar-refractivity contribution in [3.05, 3.63) is 59.7 Å². The Balaban J connectivity index is 1.86. The van der Waals surface area contributed by atoms with Crippen LogP contribution in [-0.2, 0) is 19.9 Å². The lowest BCUT2D eigenvalue weighted by atomic mass is 9.88. The summed E-state index contributed by atoms with van der Waals surface area (Å²) in [6.45, 7) is 3.89. The van der Waals surface area contributed by atoms with E-state index in [4.69, 9.17) is 9.47 Å². The van der Waals surface area contributed by atoms with Gasteiger partial charge in [-0.2, -0.15) is 0 Å². The number of carbonyl (C=O) groups excluding carboxylic acids is 3. The van der Waals surface area contributed by atoms with Crippen LogP contribution < -0.4 is 9.64 Å². The van der Waals surface area contributed by atoms with E-state index in [-0.39, 0.29) is 13.2 Å². The third-order valence-corrected chi connectivity index (χ3v) is 4.74. The second-order valence-electron chi connectivity index (χ2n) is 6.63. The van der Waals surface area contributed by atoms with Gasteiger partial charge in [0.15, 0.2) is 11.4 Å². The van der Waals surface area contributed by atoms with Gasteiger partial charge in [0.25, 0.3) is 5.91 Å². The van der Waals surface area contributed by atoms with Crippen LogP contribution in [0.5, 0.6) is 5.75 Å². The highest BCUT2D eigenvalue weighted by atomic mass is 16.5. The van der Waals surface area contributed by atoms with Gasteiger partial charge in [-0.25, -0.2) is 0 Å². The van der Waals surface area contributed by atoms with Gasteiger partial charge in [-0.15, -0.1) is 0 Å². The van der Waals surface area contributed by atoms with Gasteiger partial charge in [-0.3, -0.25) is 19.3 Å². The number of para-hydroxylation sites is 1. The third kappa shape index (κ3) is 4.00. The van der Waals surface area contributed by atoms with Crippen LogP contribution in [0, 0.1) is 0 Å². The van der Waals surface area contributed by atoms with Gasteiger partial charge in [0.2, 0.25) is 0 Å². The van der Waals surface area contributed by atoms with Crippen molar-refractivity contribution in [2.24, 2.45) is 0 Å². The number of benzene rings is 2. The standard InChI is InChI=1S/C22H23NO6/c1-3-28-16-11-9-15(10-12-16)19(24)13-22(27)17-7-5-6-8-18(17)23(21(22)26)14-20(25)29-4-2/h5-12,27H,3-4,13-14H2,1-2H3/t22-/m1/s1. The summed E-state index contributed by atoms with van der Waals surface area (Å²) in [6.07, 6.45) is -0.434. The van der Waals surface area contributed by atoms with E-state index in [2.05, 4.69) is 0 Å².